The number of aryl methyl sites for hydroxylation is 1. The first kappa shape index (κ1) is 21.1. The topological polar surface area (TPSA) is 70.1 Å². The molecule has 0 spiro atoms. The number of aliphatic hydroxyl groups excluding tert-OH is 1. The summed E-state index contributed by atoms with van der Waals surface area (Å²) in [4.78, 5) is 30.4. The molecule has 1 atom stereocenters. The number of aliphatic hydroxyl groups is 1. The van der Waals surface area contributed by atoms with Crippen molar-refractivity contribution in [2.24, 2.45) is 0 Å². The molecule has 1 aromatic heterocycles. The van der Waals surface area contributed by atoms with Crippen LogP contribution in [0.2, 0.25) is 0 Å². The van der Waals surface area contributed by atoms with Crippen molar-refractivity contribution in [3.05, 3.63) is 57.3 Å². The average Bonchev–Trinajstić information content (AvgIpc) is 3.23. The van der Waals surface area contributed by atoms with Crippen molar-refractivity contribution >= 4 is 28.8 Å². The minimum Gasteiger partial charge on any atom is -0.507 e. The molecular formula is C22H26N2O4S. The highest BCUT2D eigenvalue weighted by atomic mass is 32.1. The van der Waals surface area contributed by atoms with Crippen LogP contribution in [0, 0.1) is 6.92 Å². The van der Waals surface area contributed by atoms with E-state index in [1.165, 1.54) is 18.4 Å². The number of Topliss-reactive ketones (excluding diaryl/α,β-unsaturated/α-hetero) is 1. The van der Waals surface area contributed by atoms with E-state index < -0.39 is 17.7 Å². The van der Waals surface area contributed by atoms with E-state index in [4.69, 9.17) is 4.74 Å². The molecule has 154 valence electrons. The van der Waals surface area contributed by atoms with Gasteiger partial charge in [-0.05, 0) is 63.1 Å². The van der Waals surface area contributed by atoms with Crippen molar-refractivity contribution in [1.29, 1.82) is 0 Å². The van der Waals surface area contributed by atoms with Crippen LogP contribution in [-0.4, -0.2) is 60.9 Å². The number of carbonyl (C=O) groups is 2. The van der Waals surface area contributed by atoms with Crippen LogP contribution in [0.5, 0.6) is 5.75 Å². The molecule has 1 aromatic carbocycles. The van der Waals surface area contributed by atoms with Gasteiger partial charge in [0.25, 0.3) is 11.7 Å². The van der Waals surface area contributed by atoms with Crippen molar-refractivity contribution in [2.75, 3.05) is 34.3 Å². The van der Waals surface area contributed by atoms with E-state index >= 15 is 0 Å². The lowest BCUT2D eigenvalue weighted by Gasteiger charge is -2.25. The smallest absolute Gasteiger partial charge is 0.295 e. The van der Waals surface area contributed by atoms with Crippen LogP contribution < -0.4 is 4.74 Å². The quantitative estimate of drug-likeness (QED) is 0.427. The maximum atomic E-state index is 13.0. The first-order valence-corrected chi connectivity index (χ1v) is 10.3. The fourth-order valence-corrected chi connectivity index (χ4v) is 4.58. The minimum atomic E-state index is -0.645. The van der Waals surface area contributed by atoms with Gasteiger partial charge in [-0.3, -0.25) is 9.59 Å². The molecule has 1 amide bonds. The third-order valence-corrected chi connectivity index (χ3v) is 6.11. The monoisotopic (exact) mass is 414 g/mol. The van der Waals surface area contributed by atoms with Gasteiger partial charge in [0.05, 0.1) is 18.7 Å². The van der Waals surface area contributed by atoms with Crippen molar-refractivity contribution < 1.29 is 19.4 Å². The molecule has 0 bridgehead atoms. The van der Waals surface area contributed by atoms with E-state index in [1.54, 1.807) is 29.2 Å². The number of hydrogen-bond donors (Lipinski definition) is 1. The molecule has 7 heteroatoms. The van der Waals surface area contributed by atoms with Crippen molar-refractivity contribution in [3.63, 3.8) is 0 Å². The second-order valence-corrected chi connectivity index (χ2v) is 8.30. The molecule has 0 saturated carbocycles. The Kier molecular flexibility index (Phi) is 6.39. The van der Waals surface area contributed by atoms with Crippen molar-refractivity contribution in [2.45, 2.75) is 19.4 Å². The zero-order valence-corrected chi connectivity index (χ0v) is 18.0. The normalized spacial score (nSPS) is 18.7. The molecule has 3 rings (SSSR count). The van der Waals surface area contributed by atoms with Crippen LogP contribution in [0.25, 0.3) is 5.76 Å². The molecule has 2 heterocycles. The van der Waals surface area contributed by atoms with Gasteiger partial charge >= 0.3 is 0 Å². The number of ketones is 1. The lowest BCUT2D eigenvalue weighted by atomic mass is 9.98. The third-order valence-electron chi connectivity index (χ3n) is 5.04. The summed E-state index contributed by atoms with van der Waals surface area (Å²) in [5, 5.41) is 13.0. The number of nitrogens with zero attached hydrogens (tertiary/aromatic N) is 2. The molecule has 0 radical (unpaired) electrons. The van der Waals surface area contributed by atoms with Crippen LogP contribution in [0.3, 0.4) is 0 Å². The Balaban J connectivity index is 2.09. The number of ether oxygens (including phenoxy) is 1. The van der Waals surface area contributed by atoms with Gasteiger partial charge in [0, 0.05) is 17.0 Å². The van der Waals surface area contributed by atoms with Gasteiger partial charge < -0.3 is 19.6 Å². The van der Waals surface area contributed by atoms with Gasteiger partial charge in [-0.1, -0.05) is 12.1 Å². The van der Waals surface area contributed by atoms with E-state index in [0.29, 0.717) is 17.9 Å². The Morgan fingerprint density at radius 2 is 2.03 bits per heavy atom. The fraction of sp³-hybridized carbons (Fsp3) is 0.364. The van der Waals surface area contributed by atoms with Crippen LogP contribution in [-0.2, 0) is 9.59 Å². The number of likely N-dealkylation sites (tertiary alicyclic amines) is 1. The van der Waals surface area contributed by atoms with Gasteiger partial charge in [0.2, 0.25) is 0 Å². The maximum Gasteiger partial charge on any atom is 0.295 e. The van der Waals surface area contributed by atoms with Gasteiger partial charge in [-0.25, -0.2) is 0 Å². The summed E-state index contributed by atoms with van der Waals surface area (Å²) in [7, 11) is 5.48. The summed E-state index contributed by atoms with van der Waals surface area (Å²) in [6.07, 6.45) is 0.736. The van der Waals surface area contributed by atoms with Crippen LogP contribution in [0.1, 0.15) is 28.5 Å². The number of amides is 1. The zero-order chi connectivity index (χ0) is 21.1. The number of rotatable bonds is 7. The molecule has 1 unspecified atom stereocenters. The third kappa shape index (κ3) is 4.21. The molecular weight excluding hydrogens is 388 g/mol. The summed E-state index contributed by atoms with van der Waals surface area (Å²) in [6.45, 7) is 3.20. The Bertz CT molecular complexity index is 948. The van der Waals surface area contributed by atoms with E-state index in [-0.39, 0.29) is 11.3 Å². The Hall–Kier alpha value is -2.64. The van der Waals surface area contributed by atoms with Crippen LogP contribution in [0.4, 0.5) is 0 Å². The Morgan fingerprint density at radius 1 is 1.28 bits per heavy atom. The molecule has 1 fully saturated rings. The highest BCUT2D eigenvalue weighted by Crippen LogP contribution is 2.42. The van der Waals surface area contributed by atoms with E-state index in [2.05, 4.69) is 0 Å². The van der Waals surface area contributed by atoms with Gasteiger partial charge in [-0.2, -0.15) is 0 Å². The molecule has 2 aromatic rings. The number of hydrogen-bond acceptors (Lipinski definition) is 6. The molecule has 1 aliphatic rings. The number of methoxy groups -OCH3 is 1. The molecule has 1 saturated heterocycles. The summed E-state index contributed by atoms with van der Waals surface area (Å²) in [5.41, 5.74) is 1.59. The molecule has 29 heavy (non-hydrogen) atoms. The lowest BCUT2D eigenvalue weighted by molar-refractivity contribution is -0.139. The highest BCUT2D eigenvalue weighted by Gasteiger charge is 2.46. The maximum absolute atomic E-state index is 13.0. The molecule has 6 nitrogen and oxygen atoms in total. The van der Waals surface area contributed by atoms with E-state index in [1.807, 2.05) is 37.4 Å². The van der Waals surface area contributed by atoms with Crippen LogP contribution in [0.15, 0.2) is 41.3 Å². The number of carbonyl (C=O) groups excluding carboxylic acids is 2. The molecule has 1 aliphatic heterocycles. The number of thiophene rings is 1. The molecule has 1 N–H and O–H groups in total. The number of benzene rings is 1. The van der Waals surface area contributed by atoms with Gasteiger partial charge in [0.1, 0.15) is 11.5 Å². The van der Waals surface area contributed by atoms with Gasteiger partial charge in [-0.15, -0.1) is 11.3 Å². The SMILES string of the molecule is COc1cccc(/C(O)=C2/C(=O)C(=O)N(CCCN(C)C)C2c2sccc2C)c1. The predicted octanol–water partition coefficient (Wildman–Crippen LogP) is 3.44. The Morgan fingerprint density at radius 3 is 2.66 bits per heavy atom. The summed E-state index contributed by atoms with van der Waals surface area (Å²) in [5.74, 6) is -0.813. The summed E-state index contributed by atoms with van der Waals surface area (Å²) in [6, 6.07) is 8.25. The summed E-state index contributed by atoms with van der Waals surface area (Å²) >= 11 is 1.49. The summed E-state index contributed by atoms with van der Waals surface area (Å²) < 4.78 is 5.23. The Labute approximate surface area is 175 Å². The first-order chi connectivity index (χ1) is 13.8. The van der Waals surface area contributed by atoms with Crippen molar-refractivity contribution in [1.82, 2.24) is 9.80 Å². The second-order valence-electron chi connectivity index (χ2n) is 7.35. The van der Waals surface area contributed by atoms with Gasteiger partial charge in [0.15, 0.2) is 0 Å². The largest absolute Gasteiger partial charge is 0.507 e. The van der Waals surface area contributed by atoms with Crippen LogP contribution >= 0.6 is 11.3 Å². The molecule has 0 aliphatic carbocycles. The average molecular weight is 415 g/mol. The second kappa shape index (κ2) is 8.80. The highest BCUT2D eigenvalue weighted by molar-refractivity contribution is 7.10. The lowest BCUT2D eigenvalue weighted by Crippen LogP contribution is -2.32. The van der Waals surface area contributed by atoms with Crippen molar-refractivity contribution in [3.8, 4) is 5.75 Å². The zero-order valence-electron chi connectivity index (χ0n) is 17.1. The first-order valence-electron chi connectivity index (χ1n) is 9.46. The fourth-order valence-electron chi connectivity index (χ4n) is 3.53. The minimum absolute atomic E-state index is 0.138. The predicted molar refractivity (Wildman–Crippen MR) is 114 cm³/mol. The standard InChI is InChI=1S/C22H26N2O4S/c1-14-9-12-29-21(14)18-17(19(25)15-7-5-8-16(13-15)28-4)20(26)22(27)24(18)11-6-10-23(2)3/h5,7-9,12-13,18,25H,6,10-11H2,1-4H3/b19-17-. The van der Waals surface area contributed by atoms with E-state index in [9.17, 15) is 14.7 Å². The van der Waals surface area contributed by atoms with E-state index in [0.717, 1.165) is 23.4 Å².